The van der Waals surface area contributed by atoms with Gasteiger partial charge in [0.05, 0.1) is 0 Å². The molecule has 0 saturated carbocycles. The van der Waals surface area contributed by atoms with Gasteiger partial charge >= 0.3 is 0 Å². The number of carbonyl (C=O) groups excluding carboxylic acids is 1. The molecule has 2 aromatic carbocycles. The molecule has 5 heteroatoms. The molecule has 0 aromatic heterocycles. The summed E-state index contributed by atoms with van der Waals surface area (Å²) < 4.78 is 0. The molecule has 120 valence electrons. The van der Waals surface area contributed by atoms with Crippen LogP contribution in [0.5, 0.6) is 0 Å². The SMILES string of the molecule is O=C(NCc1ccc(Cl)cc1)[C@@H]1Nc2ccccc2[C@@H]1CCO. The number of carbonyl (C=O) groups is 1. The second-order valence-corrected chi connectivity index (χ2v) is 6.11. The van der Waals surface area contributed by atoms with Gasteiger partial charge in [0.1, 0.15) is 6.04 Å². The summed E-state index contributed by atoms with van der Waals surface area (Å²) in [7, 11) is 0. The number of halogens is 1. The molecule has 23 heavy (non-hydrogen) atoms. The molecule has 1 heterocycles. The molecule has 2 aromatic rings. The average molecular weight is 331 g/mol. The van der Waals surface area contributed by atoms with Gasteiger partial charge in [-0.25, -0.2) is 0 Å². The second kappa shape index (κ2) is 7.02. The summed E-state index contributed by atoms with van der Waals surface area (Å²) in [5.41, 5.74) is 3.06. The summed E-state index contributed by atoms with van der Waals surface area (Å²) in [6, 6.07) is 14.9. The summed E-state index contributed by atoms with van der Waals surface area (Å²) in [5.74, 6) is -0.0731. The normalized spacial score (nSPS) is 19.0. The Hall–Kier alpha value is -2.04. The lowest BCUT2D eigenvalue weighted by Crippen LogP contribution is -2.40. The number of benzene rings is 2. The fraction of sp³-hybridized carbons (Fsp3) is 0.278. The number of anilines is 1. The van der Waals surface area contributed by atoms with Crippen molar-refractivity contribution in [2.75, 3.05) is 11.9 Å². The molecule has 2 atom stereocenters. The Bertz CT molecular complexity index is 688. The highest BCUT2D eigenvalue weighted by atomic mass is 35.5. The van der Waals surface area contributed by atoms with Crippen LogP contribution in [0.3, 0.4) is 0 Å². The van der Waals surface area contributed by atoms with Gasteiger partial charge < -0.3 is 15.7 Å². The molecule has 0 radical (unpaired) electrons. The van der Waals surface area contributed by atoms with Crippen LogP contribution in [0.1, 0.15) is 23.5 Å². The first kappa shape index (κ1) is 15.8. The van der Waals surface area contributed by atoms with E-state index in [2.05, 4.69) is 10.6 Å². The van der Waals surface area contributed by atoms with E-state index in [1.54, 1.807) is 12.1 Å². The molecule has 1 amide bonds. The number of hydrogen-bond acceptors (Lipinski definition) is 3. The van der Waals surface area contributed by atoms with Gasteiger partial charge in [0, 0.05) is 29.8 Å². The summed E-state index contributed by atoms with van der Waals surface area (Å²) in [6.07, 6.45) is 0.559. The van der Waals surface area contributed by atoms with E-state index in [9.17, 15) is 9.90 Å². The molecule has 4 nitrogen and oxygen atoms in total. The Labute approximate surface area is 140 Å². The Balaban J connectivity index is 1.68. The van der Waals surface area contributed by atoms with Crippen LogP contribution >= 0.6 is 11.6 Å². The number of amides is 1. The predicted molar refractivity (Wildman–Crippen MR) is 91.6 cm³/mol. The highest BCUT2D eigenvalue weighted by Gasteiger charge is 2.36. The predicted octanol–water partition coefficient (Wildman–Crippen LogP) is 2.92. The summed E-state index contributed by atoms with van der Waals surface area (Å²) >= 11 is 5.86. The molecule has 0 spiro atoms. The first-order valence-corrected chi connectivity index (χ1v) is 8.05. The standard InChI is InChI=1S/C18H19ClN2O2/c19-13-7-5-12(6-8-13)11-20-18(23)17-15(9-10-22)14-3-1-2-4-16(14)21-17/h1-8,15,17,21-22H,9-11H2,(H,20,23)/t15-,17+/m0/s1. The molecule has 0 saturated heterocycles. The zero-order chi connectivity index (χ0) is 16.2. The number of hydrogen-bond donors (Lipinski definition) is 3. The van der Waals surface area contributed by atoms with Crippen molar-refractivity contribution in [2.24, 2.45) is 0 Å². The number of aliphatic hydroxyl groups excluding tert-OH is 1. The number of nitrogens with one attached hydrogen (secondary N) is 2. The van der Waals surface area contributed by atoms with Gasteiger partial charge in [0.15, 0.2) is 0 Å². The summed E-state index contributed by atoms with van der Waals surface area (Å²) in [4.78, 5) is 12.6. The minimum atomic E-state index is -0.355. The lowest BCUT2D eigenvalue weighted by molar-refractivity contribution is -0.122. The van der Waals surface area contributed by atoms with Gasteiger partial charge in [0.25, 0.3) is 0 Å². The number of aliphatic hydroxyl groups is 1. The average Bonchev–Trinajstić information content (AvgIpc) is 2.93. The maximum atomic E-state index is 12.6. The van der Waals surface area contributed by atoms with Gasteiger partial charge in [-0.2, -0.15) is 0 Å². The van der Waals surface area contributed by atoms with Crippen molar-refractivity contribution in [3.63, 3.8) is 0 Å². The van der Waals surface area contributed by atoms with Crippen LogP contribution in [0.15, 0.2) is 48.5 Å². The zero-order valence-electron chi connectivity index (χ0n) is 12.6. The molecular weight excluding hydrogens is 312 g/mol. The molecule has 3 rings (SSSR count). The van der Waals surface area contributed by atoms with Crippen LogP contribution in [0.25, 0.3) is 0 Å². The second-order valence-electron chi connectivity index (χ2n) is 5.67. The van der Waals surface area contributed by atoms with E-state index in [4.69, 9.17) is 11.6 Å². The Morgan fingerprint density at radius 2 is 1.91 bits per heavy atom. The Morgan fingerprint density at radius 3 is 2.65 bits per heavy atom. The van der Waals surface area contributed by atoms with Gasteiger partial charge in [0.2, 0.25) is 5.91 Å². The third-order valence-electron chi connectivity index (χ3n) is 4.18. The largest absolute Gasteiger partial charge is 0.396 e. The molecule has 0 unspecified atom stereocenters. The van der Waals surface area contributed by atoms with Gasteiger partial charge in [-0.1, -0.05) is 41.9 Å². The number of para-hydroxylation sites is 1. The quantitative estimate of drug-likeness (QED) is 0.790. The van der Waals surface area contributed by atoms with Crippen LogP contribution in [0.4, 0.5) is 5.69 Å². The highest BCUT2D eigenvalue weighted by molar-refractivity contribution is 6.30. The van der Waals surface area contributed by atoms with Crippen LogP contribution in [-0.2, 0) is 11.3 Å². The fourth-order valence-electron chi connectivity index (χ4n) is 3.01. The van der Waals surface area contributed by atoms with Crippen molar-refractivity contribution in [3.8, 4) is 0 Å². The van der Waals surface area contributed by atoms with Crippen molar-refractivity contribution in [2.45, 2.75) is 24.9 Å². The third kappa shape index (κ3) is 3.49. The van der Waals surface area contributed by atoms with Crippen molar-refractivity contribution < 1.29 is 9.90 Å². The summed E-state index contributed by atoms with van der Waals surface area (Å²) in [6.45, 7) is 0.512. The van der Waals surface area contributed by atoms with Gasteiger partial charge in [-0.05, 0) is 35.7 Å². The van der Waals surface area contributed by atoms with E-state index in [0.29, 0.717) is 18.0 Å². The Kier molecular flexibility index (Phi) is 4.84. The topological polar surface area (TPSA) is 61.4 Å². The summed E-state index contributed by atoms with van der Waals surface area (Å²) in [5, 5.41) is 16.2. The molecule has 0 aliphatic carbocycles. The monoisotopic (exact) mass is 330 g/mol. The Morgan fingerprint density at radius 1 is 1.17 bits per heavy atom. The molecule has 3 N–H and O–H groups in total. The minimum absolute atomic E-state index is 0.0126. The maximum absolute atomic E-state index is 12.6. The lowest BCUT2D eigenvalue weighted by atomic mass is 9.91. The maximum Gasteiger partial charge on any atom is 0.243 e. The molecular formula is C18H19ClN2O2. The third-order valence-corrected chi connectivity index (χ3v) is 4.43. The fourth-order valence-corrected chi connectivity index (χ4v) is 3.14. The minimum Gasteiger partial charge on any atom is -0.396 e. The van der Waals surface area contributed by atoms with E-state index in [0.717, 1.165) is 16.8 Å². The highest BCUT2D eigenvalue weighted by Crippen LogP contribution is 2.37. The molecule has 1 aliphatic rings. The van der Waals surface area contributed by atoms with E-state index in [-0.39, 0.29) is 24.5 Å². The van der Waals surface area contributed by atoms with Gasteiger partial charge in [-0.15, -0.1) is 0 Å². The molecule has 1 aliphatic heterocycles. The molecule has 0 fully saturated rings. The van der Waals surface area contributed by atoms with Crippen LogP contribution in [0, 0.1) is 0 Å². The van der Waals surface area contributed by atoms with E-state index < -0.39 is 0 Å². The van der Waals surface area contributed by atoms with Crippen LogP contribution in [-0.4, -0.2) is 23.7 Å². The van der Waals surface area contributed by atoms with Crippen molar-refractivity contribution in [1.82, 2.24) is 5.32 Å². The lowest BCUT2D eigenvalue weighted by Gasteiger charge is -2.19. The molecule has 0 bridgehead atoms. The van der Waals surface area contributed by atoms with Crippen molar-refractivity contribution in [3.05, 3.63) is 64.7 Å². The van der Waals surface area contributed by atoms with E-state index in [1.807, 2.05) is 36.4 Å². The zero-order valence-corrected chi connectivity index (χ0v) is 13.4. The van der Waals surface area contributed by atoms with Crippen LogP contribution in [0.2, 0.25) is 5.02 Å². The number of rotatable bonds is 5. The van der Waals surface area contributed by atoms with Crippen molar-refractivity contribution in [1.29, 1.82) is 0 Å². The smallest absolute Gasteiger partial charge is 0.243 e. The number of fused-ring (bicyclic) bond motifs is 1. The van der Waals surface area contributed by atoms with E-state index in [1.165, 1.54) is 0 Å². The first-order valence-electron chi connectivity index (χ1n) is 7.67. The van der Waals surface area contributed by atoms with Crippen molar-refractivity contribution >= 4 is 23.2 Å². The van der Waals surface area contributed by atoms with E-state index >= 15 is 0 Å². The first-order chi connectivity index (χ1) is 11.2. The van der Waals surface area contributed by atoms with Crippen LogP contribution < -0.4 is 10.6 Å². The van der Waals surface area contributed by atoms with Gasteiger partial charge in [-0.3, -0.25) is 4.79 Å².